The maximum atomic E-state index is 11.9. The van der Waals surface area contributed by atoms with Crippen molar-refractivity contribution in [1.29, 1.82) is 0 Å². The van der Waals surface area contributed by atoms with Gasteiger partial charge in [0.15, 0.2) is 0 Å². The summed E-state index contributed by atoms with van der Waals surface area (Å²) in [5.74, 6) is 0.0169. The number of aromatic amines is 1. The Hall–Kier alpha value is -2.55. The second-order valence-electron chi connectivity index (χ2n) is 5.85. The van der Waals surface area contributed by atoms with E-state index in [0.29, 0.717) is 0 Å². The first kappa shape index (κ1) is 13.1. The molecule has 0 saturated carbocycles. The molecule has 3 aromatic rings. The number of fused-ring (bicyclic) bond motifs is 3. The largest absolute Gasteiger partial charge is 0.350 e. The molecule has 22 heavy (non-hydrogen) atoms. The topological polar surface area (TPSA) is 44.9 Å². The van der Waals surface area contributed by atoms with Crippen LogP contribution in [0.3, 0.4) is 0 Å². The molecule has 2 heterocycles. The van der Waals surface area contributed by atoms with Gasteiger partial charge in [0.25, 0.3) is 5.91 Å². The summed E-state index contributed by atoms with van der Waals surface area (Å²) < 4.78 is 0. The summed E-state index contributed by atoms with van der Waals surface area (Å²) in [6.45, 7) is 0.729. The van der Waals surface area contributed by atoms with Crippen molar-refractivity contribution in [2.45, 2.75) is 19.3 Å². The van der Waals surface area contributed by atoms with Gasteiger partial charge in [-0.25, -0.2) is 0 Å². The Bertz CT molecular complexity index is 833. The highest BCUT2D eigenvalue weighted by Crippen LogP contribution is 2.26. The van der Waals surface area contributed by atoms with Gasteiger partial charge in [-0.2, -0.15) is 0 Å². The van der Waals surface area contributed by atoms with Gasteiger partial charge >= 0.3 is 0 Å². The number of amides is 1. The van der Waals surface area contributed by atoms with E-state index in [1.807, 2.05) is 6.07 Å². The highest BCUT2D eigenvalue weighted by molar-refractivity contribution is 6.02. The number of nitrogens with one attached hydrogen (secondary N) is 2. The molecule has 1 amide bonds. The number of hydrogen-bond donors (Lipinski definition) is 2. The van der Waals surface area contributed by atoms with Crippen molar-refractivity contribution in [3.05, 3.63) is 70.9 Å². The summed E-state index contributed by atoms with van der Waals surface area (Å²) in [7, 11) is 0. The molecule has 110 valence electrons. The van der Waals surface area contributed by atoms with Crippen LogP contribution in [-0.4, -0.2) is 17.4 Å². The Morgan fingerprint density at radius 2 is 1.77 bits per heavy atom. The number of aryl methyl sites for hydroxylation is 2. The van der Waals surface area contributed by atoms with E-state index in [9.17, 15) is 4.79 Å². The minimum absolute atomic E-state index is 0.0169. The lowest BCUT2D eigenvalue weighted by atomic mass is 9.99. The molecule has 0 unspecified atom stereocenters. The van der Waals surface area contributed by atoms with Crippen LogP contribution in [0, 0.1) is 0 Å². The van der Waals surface area contributed by atoms with Crippen LogP contribution in [-0.2, 0) is 19.3 Å². The van der Waals surface area contributed by atoms with E-state index in [2.05, 4.69) is 52.8 Å². The molecule has 0 bridgehead atoms. The van der Waals surface area contributed by atoms with Crippen molar-refractivity contribution >= 4 is 16.8 Å². The first-order valence-corrected chi connectivity index (χ1v) is 7.77. The number of carbonyl (C=O) groups is 1. The van der Waals surface area contributed by atoms with Crippen LogP contribution in [0.15, 0.2) is 48.5 Å². The standard InChI is InChI=1S/C19H18N2O/c22-19-18-15(10-11-20-19)16-12-14(8-9-17(16)21-18)7-6-13-4-2-1-3-5-13/h1-5,8-9,12,21H,6-7,10-11H2,(H,20,22). The number of aromatic nitrogens is 1. The van der Waals surface area contributed by atoms with Crippen LogP contribution in [0.4, 0.5) is 0 Å². The number of benzene rings is 2. The van der Waals surface area contributed by atoms with Crippen LogP contribution in [0.2, 0.25) is 0 Å². The highest BCUT2D eigenvalue weighted by Gasteiger charge is 2.21. The number of H-pyrrole nitrogens is 1. The van der Waals surface area contributed by atoms with E-state index in [-0.39, 0.29) is 5.91 Å². The molecule has 2 N–H and O–H groups in total. The molecule has 3 heteroatoms. The monoisotopic (exact) mass is 290 g/mol. The SMILES string of the molecule is O=C1NCCc2c1[nH]c1ccc(CCc3ccccc3)cc21. The van der Waals surface area contributed by atoms with Gasteiger partial charge in [0.2, 0.25) is 0 Å². The number of hydrogen-bond acceptors (Lipinski definition) is 1. The van der Waals surface area contributed by atoms with Crippen LogP contribution < -0.4 is 5.32 Å². The first-order valence-electron chi connectivity index (χ1n) is 7.77. The highest BCUT2D eigenvalue weighted by atomic mass is 16.1. The quantitative estimate of drug-likeness (QED) is 0.764. The molecule has 1 aliphatic heterocycles. The van der Waals surface area contributed by atoms with E-state index in [4.69, 9.17) is 0 Å². The van der Waals surface area contributed by atoms with Crippen molar-refractivity contribution in [2.75, 3.05) is 6.54 Å². The summed E-state index contributed by atoms with van der Waals surface area (Å²) in [6.07, 6.45) is 2.97. The van der Waals surface area contributed by atoms with Crippen molar-refractivity contribution in [3.8, 4) is 0 Å². The Morgan fingerprint density at radius 3 is 2.64 bits per heavy atom. The second kappa shape index (κ2) is 5.34. The average Bonchev–Trinajstić information content (AvgIpc) is 2.94. The molecule has 0 saturated heterocycles. The Labute approximate surface area is 129 Å². The lowest BCUT2D eigenvalue weighted by molar-refractivity contribution is 0.0942. The molecule has 4 rings (SSSR count). The lowest BCUT2D eigenvalue weighted by Gasteiger charge is -2.12. The Kier molecular flexibility index (Phi) is 3.19. The van der Waals surface area contributed by atoms with E-state index in [0.717, 1.165) is 37.0 Å². The zero-order valence-electron chi connectivity index (χ0n) is 12.4. The molecular weight excluding hydrogens is 272 g/mol. The molecule has 2 aromatic carbocycles. The van der Waals surface area contributed by atoms with Crippen LogP contribution >= 0.6 is 0 Å². The van der Waals surface area contributed by atoms with Gasteiger partial charge < -0.3 is 10.3 Å². The summed E-state index contributed by atoms with van der Waals surface area (Å²) >= 11 is 0. The summed E-state index contributed by atoms with van der Waals surface area (Å²) in [5.41, 5.74) is 5.65. The van der Waals surface area contributed by atoms with Crippen LogP contribution in [0.1, 0.15) is 27.2 Å². The van der Waals surface area contributed by atoms with Gasteiger partial charge in [-0.15, -0.1) is 0 Å². The molecule has 0 fully saturated rings. The van der Waals surface area contributed by atoms with Crippen LogP contribution in [0.25, 0.3) is 10.9 Å². The summed E-state index contributed by atoms with van der Waals surface area (Å²) in [4.78, 5) is 15.2. The lowest BCUT2D eigenvalue weighted by Crippen LogP contribution is -2.31. The van der Waals surface area contributed by atoms with Crippen LogP contribution in [0.5, 0.6) is 0 Å². The van der Waals surface area contributed by atoms with Gasteiger partial charge in [0.1, 0.15) is 5.69 Å². The van der Waals surface area contributed by atoms with Gasteiger partial charge in [-0.1, -0.05) is 36.4 Å². The smallest absolute Gasteiger partial charge is 0.268 e. The molecule has 0 aliphatic carbocycles. The normalized spacial score (nSPS) is 13.9. The second-order valence-corrected chi connectivity index (χ2v) is 5.85. The molecule has 0 atom stereocenters. The molecule has 0 spiro atoms. The number of rotatable bonds is 3. The van der Waals surface area contributed by atoms with E-state index >= 15 is 0 Å². The fourth-order valence-electron chi connectivity index (χ4n) is 3.23. The van der Waals surface area contributed by atoms with Crippen molar-refractivity contribution < 1.29 is 4.79 Å². The maximum Gasteiger partial charge on any atom is 0.268 e. The average molecular weight is 290 g/mol. The van der Waals surface area contributed by atoms with E-state index in [1.165, 1.54) is 22.1 Å². The number of carbonyl (C=O) groups excluding carboxylic acids is 1. The van der Waals surface area contributed by atoms with Gasteiger partial charge in [0, 0.05) is 17.4 Å². The minimum atomic E-state index is 0.0169. The van der Waals surface area contributed by atoms with Crippen molar-refractivity contribution in [1.82, 2.24) is 10.3 Å². The predicted octanol–water partition coefficient (Wildman–Crippen LogP) is 3.24. The van der Waals surface area contributed by atoms with Crippen molar-refractivity contribution in [2.24, 2.45) is 0 Å². The fraction of sp³-hybridized carbons (Fsp3) is 0.211. The molecule has 1 aromatic heterocycles. The van der Waals surface area contributed by atoms with Gasteiger partial charge in [-0.3, -0.25) is 4.79 Å². The molecule has 3 nitrogen and oxygen atoms in total. The third-order valence-electron chi connectivity index (χ3n) is 4.40. The molecule has 0 radical (unpaired) electrons. The zero-order valence-corrected chi connectivity index (χ0v) is 12.4. The van der Waals surface area contributed by atoms with Crippen molar-refractivity contribution in [3.63, 3.8) is 0 Å². The summed E-state index contributed by atoms with van der Waals surface area (Å²) in [5, 5.41) is 4.09. The third-order valence-corrected chi connectivity index (χ3v) is 4.40. The van der Waals surface area contributed by atoms with E-state index in [1.54, 1.807) is 0 Å². The summed E-state index contributed by atoms with van der Waals surface area (Å²) in [6, 6.07) is 17.0. The Morgan fingerprint density at radius 1 is 0.955 bits per heavy atom. The third kappa shape index (κ3) is 2.29. The zero-order chi connectivity index (χ0) is 14.9. The van der Waals surface area contributed by atoms with E-state index < -0.39 is 0 Å². The first-order chi connectivity index (χ1) is 10.8. The predicted molar refractivity (Wildman–Crippen MR) is 88.2 cm³/mol. The van der Waals surface area contributed by atoms with Gasteiger partial charge in [-0.05, 0) is 48.1 Å². The fourth-order valence-corrected chi connectivity index (χ4v) is 3.23. The molecular formula is C19H18N2O. The Balaban J connectivity index is 1.64. The maximum absolute atomic E-state index is 11.9. The molecule has 1 aliphatic rings. The van der Waals surface area contributed by atoms with Gasteiger partial charge in [0.05, 0.1) is 0 Å². The minimum Gasteiger partial charge on any atom is -0.350 e.